The van der Waals surface area contributed by atoms with Crippen LogP contribution < -0.4 is 0 Å². The summed E-state index contributed by atoms with van der Waals surface area (Å²) in [4.78, 5) is 12.2. The molecule has 1 saturated carbocycles. The van der Waals surface area contributed by atoms with Crippen molar-refractivity contribution in [3.05, 3.63) is 11.8 Å². The molecule has 1 aliphatic carbocycles. The molecule has 0 aromatic rings. The standard InChI is InChI=1S/C17H22O12/c1-24-13(22)4-3-25-14(7-6(4)11-12(27-11)17(7)16(23)29-17)28-15-10(21)9(20)8(19)5(2-18)26-15/h3,5-12,14-16,18-21,23H,2H2,1H3/t5-,6-,7-,8-,9+,10-,11+,12+,14+,15+,16-,17-/m1/s1. The van der Waals surface area contributed by atoms with Crippen molar-refractivity contribution in [2.45, 2.75) is 61.1 Å². The maximum atomic E-state index is 12.2. The van der Waals surface area contributed by atoms with Crippen molar-refractivity contribution in [2.24, 2.45) is 11.8 Å². The molecule has 5 N–H and O–H groups in total. The van der Waals surface area contributed by atoms with Crippen LogP contribution in [0.1, 0.15) is 0 Å². The Bertz CT molecular complexity index is 725. The molecular weight excluding hydrogens is 396 g/mol. The minimum atomic E-state index is -1.63. The van der Waals surface area contributed by atoms with Gasteiger partial charge in [-0.1, -0.05) is 0 Å². The van der Waals surface area contributed by atoms with Gasteiger partial charge in [0.2, 0.25) is 6.29 Å². The Hall–Kier alpha value is -1.35. The van der Waals surface area contributed by atoms with Crippen molar-refractivity contribution in [1.82, 2.24) is 0 Å². The number of fused-ring (bicyclic) bond motifs is 5. The second-order valence-corrected chi connectivity index (χ2v) is 7.80. The van der Waals surface area contributed by atoms with Crippen molar-refractivity contribution >= 4 is 5.97 Å². The van der Waals surface area contributed by atoms with Crippen molar-refractivity contribution in [3.8, 4) is 0 Å². The third-order valence-electron chi connectivity index (χ3n) is 6.40. The Kier molecular flexibility index (Phi) is 4.44. The van der Waals surface area contributed by atoms with Gasteiger partial charge in [-0.2, -0.15) is 0 Å². The smallest absolute Gasteiger partial charge is 0.337 e. The summed E-state index contributed by atoms with van der Waals surface area (Å²) >= 11 is 0. The number of hydrogen-bond acceptors (Lipinski definition) is 12. The van der Waals surface area contributed by atoms with Crippen LogP contribution in [0.5, 0.6) is 0 Å². The van der Waals surface area contributed by atoms with Crippen LogP contribution >= 0.6 is 0 Å². The van der Waals surface area contributed by atoms with Gasteiger partial charge in [-0.25, -0.2) is 4.79 Å². The first kappa shape index (κ1) is 19.6. The lowest BCUT2D eigenvalue weighted by Gasteiger charge is -2.43. The molecule has 0 amide bonds. The summed E-state index contributed by atoms with van der Waals surface area (Å²) in [6.07, 6.45) is -9.35. The fraction of sp³-hybridized carbons (Fsp3) is 0.824. The number of aliphatic hydroxyl groups is 5. The van der Waals surface area contributed by atoms with Gasteiger partial charge in [0.05, 0.1) is 37.6 Å². The van der Waals surface area contributed by atoms with E-state index < -0.39 is 85.5 Å². The summed E-state index contributed by atoms with van der Waals surface area (Å²) in [5.41, 5.74) is -0.931. The molecule has 162 valence electrons. The largest absolute Gasteiger partial charge is 0.471 e. The number of methoxy groups -OCH3 is 1. The molecule has 0 radical (unpaired) electrons. The van der Waals surface area contributed by atoms with Gasteiger partial charge in [0.15, 0.2) is 18.2 Å². The van der Waals surface area contributed by atoms with Crippen LogP contribution in [0.3, 0.4) is 0 Å². The van der Waals surface area contributed by atoms with Crippen LogP contribution in [0, 0.1) is 11.8 Å². The van der Waals surface area contributed by atoms with E-state index in [-0.39, 0.29) is 5.57 Å². The average molecular weight is 418 g/mol. The number of hydrogen-bond donors (Lipinski definition) is 5. The van der Waals surface area contributed by atoms with Crippen LogP contribution in [0.2, 0.25) is 0 Å². The lowest BCUT2D eigenvalue weighted by atomic mass is 9.81. The zero-order valence-corrected chi connectivity index (χ0v) is 15.2. The predicted octanol–water partition coefficient (Wildman–Crippen LogP) is -3.68. The van der Waals surface area contributed by atoms with Crippen molar-refractivity contribution in [3.63, 3.8) is 0 Å². The van der Waals surface area contributed by atoms with Gasteiger partial charge >= 0.3 is 5.97 Å². The fourth-order valence-corrected chi connectivity index (χ4v) is 4.83. The number of aliphatic hydroxyl groups excluding tert-OH is 5. The second kappa shape index (κ2) is 6.57. The molecule has 0 bridgehead atoms. The zero-order valence-electron chi connectivity index (χ0n) is 15.2. The van der Waals surface area contributed by atoms with Gasteiger partial charge in [-0.15, -0.1) is 0 Å². The number of rotatable bonds is 4. The molecule has 12 atom stereocenters. The van der Waals surface area contributed by atoms with E-state index in [1.54, 1.807) is 0 Å². The highest BCUT2D eigenvalue weighted by atomic mass is 16.8. The normalized spacial score (nSPS) is 54.8. The van der Waals surface area contributed by atoms with E-state index in [0.29, 0.717) is 0 Å². The molecule has 12 heteroatoms. The van der Waals surface area contributed by atoms with E-state index in [9.17, 15) is 30.3 Å². The van der Waals surface area contributed by atoms with Crippen LogP contribution in [0.15, 0.2) is 11.8 Å². The molecule has 4 fully saturated rings. The summed E-state index contributed by atoms with van der Waals surface area (Å²) in [6.45, 7) is -0.613. The number of epoxide rings is 2. The Balaban J connectivity index is 1.42. The number of esters is 1. The van der Waals surface area contributed by atoms with Crippen molar-refractivity contribution in [2.75, 3.05) is 13.7 Å². The van der Waals surface area contributed by atoms with Crippen LogP contribution in [-0.4, -0.2) is 106 Å². The summed E-state index contributed by atoms with van der Waals surface area (Å²) < 4.78 is 32.5. The van der Waals surface area contributed by atoms with Gasteiger partial charge in [0.25, 0.3) is 0 Å². The monoisotopic (exact) mass is 418 g/mol. The SMILES string of the molecule is COC(=O)C1=CO[C@@H](O[C@@H]2O[C@H](CO)[C@@H](O)[C@H](O)[C@H]2O)[C@H]2[C@@H]1[C@@H]1O[C@@H]1[C@]21O[C@H]1O. The Labute approximate surface area is 164 Å². The quantitative estimate of drug-likeness (QED) is 0.223. The Morgan fingerprint density at radius 3 is 2.48 bits per heavy atom. The van der Waals surface area contributed by atoms with Crippen LogP contribution in [-0.2, 0) is 33.2 Å². The molecule has 4 heterocycles. The molecule has 0 aromatic heterocycles. The lowest BCUT2D eigenvalue weighted by Crippen LogP contribution is -2.60. The summed E-state index contributed by atoms with van der Waals surface area (Å²) in [7, 11) is 1.23. The minimum absolute atomic E-state index is 0.207. The molecule has 4 aliphatic heterocycles. The van der Waals surface area contributed by atoms with E-state index in [4.69, 9.17) is 28.4 Å². The lowest BCUT2D eigenvalue weighted by molar-refractivity contribution is -0.344. The van der Waals surface area contributed by atoms with E-state index in [2.05, 4.69) is 0 Å². The fourth-order valence-electron chi connectivity index (χ4n) is 4.83. The first-order valence-corrected chi connectivity index (χ1v) is 9.26. The van der Waals surface area contributed by atoms with E-state index >= 15 is 0 Å². The third-order valence-corrected chi connectivity index (χ3v) is 6.40. The molecule has 12 nitrogen and oxygen atoms in total. The summed E-state index contributed by atoms with van der Waals surface area (Å²) in [5.74, 6) is -1.85. The van der Waals surface area contributed by atoms with E-state index in [1.165, 1.54) is 13.4 Å². The highest BCUT2D eigenvalue weighted by Crippen LogP contribution is 2.67. The topological polar surface area (TPSA) is 180 Å². The first-order valence-electron chi connectivity index (χ1n) is 9.26. The highest BCUT2D eigenvalue weighted by Gasteiger charge is 2.85. The van der Waals surface area contributed by atoms with Crippen LogP contribution in [0.25, 0.3) is 0 Å². The molecule has 0 unspecified atom stereocenters. The number of ether oxygens (including phenoxy) is 6. The molecule has 1 spiro atoms. The van der Waals surface area contributed by atoms with Gasteiger partial charge < -0.3 is 54.0 Å². The van der Waals surface area contributed by atoms with Gasteiger partial charge in [0, 0.05) is 5.92 Å². The number of carbonyl (C=O) groups is 1. The maximum Gasteiger partial charge on any atom is 0.337 e. The van der Waals surface area contributed by atoms with Crippen LogP contribution in [0.4, 0.5) is 0 Å². The van der Waals surface area contributed by atoms with Gasteiger partial charge in [0.1, 0.15) is 30.5 Å². The summed E-state index contributed by atoms with van der Waals surface area (Å²) in [5, 5.41) is 49.6. The zero-order chi connectivity index (χ0) is 20.7. The molecule has 5 aliphatic rings. The molecule has 0 aromatic carbocycles. The Morgan fingerprint density at radius 1 is 1.14 bits per heavy atom. The second-order valence-electron chi connectivity index (χ2n) is 7.80. The van der Waals surface area contributed by atoms with Gasteiger partial charge in [-0.3, -0.25) is 0 Å². The Morgan fingerprint density at radius 2 is 1.86 bits per heavy atom. The van der Waals surface area contributed by atoms with E-state index in [0.717, 1.165) is 0 Å². The number of carbonyl (C=O) groups excluding carboxylic acids is 1. The average Bonchev–Trinajstić information content (AvgIpc) is 3.61. The maximum absolute atomic E-state index is 12.2. The molecule has 3 saturated heterocycles. The minimum Gasteiger partial charge on any atom is -0.471 e. The molecule has 29 heavy (non-hydrogen) atoms. The third kappa shape index (κ3) is 2.62. The van der Waals surface area contributed by atoms with E-state index in [1.807, 2.05) is 0 Å². The highest BCUT2D eigenvalue weighted by molar-refractivity contribution is 5.89. The van der Waals surface area contributed by atoms with Crippen molar-refractivity contribution in [1.29, 1.82) is 0 Å². The molecular formula is C17H22O12. The van der Waals surface area contributed by atoms with Gasteiger partial charge in [-0.05, 0) is 0 Å². The predicted molar refractivity (Wildman–Crippen MR) is 85.3 cm³/mol. The summed E-state index contributed by atoms with van der Waals surface area (Å²) in [6, 6.07) is 0. The molecule has 5 rings (SSSR count). The van der Waals surface area contributed by atoms with Crippen molar-refractivity contribution < 1.29 is 58.7 Å². The first-order chi connectivity index (χ1) is 13.8.